The Hall–Kier alpha value is -2.82. The van der Waals surface area contributed by atoms with Crippen LogP contribution in [0, 0.1) is 6.92 Å². The Balaban J connectivity index is 2.09. The number of hydrogen-bond donors (Lipinski definition) is 2. The third-order valence-corrected chi connectivity index (χ3v) is 8.87. The molecule has 0 atom stereocenters. The fourth-order valence-corrected chi connectivity index (χ4v) is 7.07. The average Bonchev–Trinajstić information content (AvgIpc) is 3.19. The summed E-state index contributed by atoms with van der Waals surface area (Å²) in [6.45, 7) is 1.90. The predicted molar refractivity (Wildman–Crippen MR) is 132 cm³/mol. The van der Waals surface area contributed by atoms with Gasteiger partial charge < -0.3 is 10.8 Å². The minimum atomic E-state index is -3.89. The van der Waals surface area contributed by atoms with Gasteiger partial charge in [-0.3, -0.25) is 0 Å². The quantitative estimate of drug-likeness (QED) is 0.200. The predicted octanol–water partition coefficient (Wildman–Crippen LogP) is 5.40. The summed E-state index contributed by atoms with van der Waals surface area (Å²) in [7, 11) is -3.89. The molecule has 1 amide bonds. The molecule has 7 nitrogen and oxygen atoms in total. The van der Waals surface area contributed by atoms with Crippen LogP contribution in [0.4, 0.5) is 10.5 Å². The number of nitrogens with zero attached hydrogens (tertiary/aromatic N) is 2. The molecule has 0 unspecified atom stereocenters. The monoisotopic (exact) mass is 503 g/mol. The van der Waals surface area contributed by atoms with Crippen LogP contribution in [0.2, 0.25) is 0 Å². The van der Waals surface area contributed by atoms with Crippen molar-refractivity contribution in [2.45, 2.75) is 20.9 Å². The molecule has 1 heterocycles. The molecule has 3 N–H and O–H groups in total. The number of rotatable bonds is 6. The van der Waals surface area contributed by atoms with Crippen LogP contribution in [0.1, 0.15) is 10.4 Å². The SMILES string of the molecule is CSc1sc(/C(N)=N\C(=O)O)cc1S(=O)(=O)c1cccc(-c2ccc(N=C=S)cc2C)c1. The first-order chi connectivity index (χ1) is 15.2. The third kappa shape index (κ3) is 4.98. The van der Waals surface area contributed by atoms with E-state index in [0.29, 0.717) is 9.90 Å². The van der Waals surface area contributed by atoms with E-state index in [0.717, 1.165) is 28.0 Å². The molecule has 0 radical (unpaired) electrons. The first-order valence-electron chi connectivity index (χ1n) is 8.96. The summed E-state index contributed by atoms with van der Waals surface area (Å²) in [5, 5.41) is 11.2. The fourth-order valence-electron chi connectivity index (χ4n) is 3.02. The van der Waals surface area contributed by atoms with E-state index in [1.165, 1.54) is 23.9 Å². The van der Waals surface area contributed by atoms with Gasteiger partial charge in [0.25, 0.3) is 0 Å². The molecule has 0 spiro atoms. The molecule has 0 bridgehead atoms. The lowest BCUT2D eigenvalue weighted by atomic mass is 10.0. The number of carboxylic acid groups (broad SMARTS) is 1. The molecule has 0 fully saturated rings. The first kappa shape index (κ1) is 23.8. The molecule has 0 aliphatic carbocycles. The number of aliphatic imine (C=N–C) groups is 2. The number of nitrogens with two attached hydrogens (primary N) is 1. The van der Waals surface area contributed by atoms with Crippen LogP contribution in [0.3, 0.4) is 0 Å². The van der Waals surface area contributed by atoms with Gasteiger partial charge in [0, 0.05) is 0 Å². The van der Waals surface area contributed by atoms with Gasteiger partial charge in [-0.25, -0.2) is 13.2 Å². The lowest BCUT2D eigenvalue weighted by molar-refractivity contribution is 0.205. The molecule has 0 saturated carbocycles. The fraction of sp³-hybridized carbons (Fsp3) is 0.0952. The zero-order valence-corrected chi connectivity index (χ0v) is 20.2. The maximum Gasteiger partial charge on any atom is 0.433 e. The van der Waals surface area contributed by atoms with Gasteiger partial charge in [0.15, 0.2) is 0 Å². The summed E-state index contributed by atoms with van der Waals surface area (Å²) in [5.41, 5.74) is 8.89. The van der Waals surface area contributed by atoms with Crippen LogP contribution in [-0.4, -0.2) is 36.9 Å². The first-order valence-corrected chi connectivity index (χ1v) is 12.9. The summed E-state index contributed by atoms with van der Waals surface area (Å²) >= 11 is 6.96. The third-order valence-electron chi connectivity index (χ3n) is 4.45. The second-order valence-corrected chi connectivity index (χ2v) is 10.7. The lowest BCUT2D eigenvalue weighted by Crippen LogP contribution is -2.13. The molecule has 32 heavy (non-hydrogen) atoms. The highest BCUT2D eigenvalue weighted by atomic mass is 32.2. The van der Waals surface area contributed by atoms with Gasteiger partial charge in [-0.1, -0.05) is 18.2 Å². The van der Waals surface area contributed by atoms with Crippen LogP contribution in [0.5, 0.6) is 0 Å². The highest BCUT2D eigenvalue weighted by molar-refractivity contribution is 8.01. The number of thioether (sulfide) groups is 1. The van der Waals surface area contributed by atoms with Crippen molar-refractivity contribution < 1.29 is 18.3 Å². The van der Waals surface area contributed by atoms with Crippen molar-refractivity contribution in [3.05, 3.63) is 59.0 Å². The van der Waals surface area contributed by atoms with E-state index in [2.05, 4.69) is 27.4 Å². The maximum absolute atomic E-state index is 13.4. The normalized spacial score (nSPS) is 11.8. The molecule has 3 rings (SSSR count). The number of aryl methyl sites for hydroxylation is 1. The zero-order valence-electron chi connectivity index (χ0n) is 16.9. The van der Waals surface area contributed by atoms with Crippen molar-refractivity contribution in [1.29, 1.82) is 0 Å². The van der Waals surface area contributed by atoms with E-state index in [9.17, 15) is 13.2 Å². The smallest absolute Gasteiger partial charge is 0.433 e. The van der Waals surface area contributed by atoms with Gasteiger partial charge in [0.2, 0.25) is 9.84 Å². The number of amidine groups is 1. The van der Waals surface area contributed by atoms with Crippen LogP contribution >= 0.6 is 35.3 Å². The second-order valence-electron chi connectivity index (χ2n) is 6.48. The maximum atomic E-state index is 13.4. The van der Waals surface area contributed by atoms with Crippen LogP contribution < -0.4 is 5.73 Å². The minimum absolute atomic E-state index is 0.0630. The van der Waals surface area contributed by atoms with E-state index in [1.807, 2.05) is 25.1 Å². The Bertz CT molecular complexity index is 1390. The molecule has 1 aromatic heterocycles. The molecule has 0 aliphatic heterocycles. The van der Waals surface area contributed by atoms with Crippen molar-refractivity contribution >= 4 is 67.9 Å². The number of hydrogen-bond acceptors (Lipinski definition) is 7. The van der Waals surface area contributed by atoms with Gasteiger partial charge in [-0.15, -0.1) is 23.1 Å². The summed E-state index contributed by atoms with van der Waals surface area (Å²) in [6.07, 6.45) is 0.292. The molecule has 2 aromatic carbocycles. The van der Waals surface area contributed by atoms with Crippen molar-refractivity contribution in [2.24, 2.45) is 15.7 Å². The summed E-state index contributed by atoms with van der Waals surface area (Å²) < 4.78 is 27.4. The number of benzene rings is 2. The Morgan fingerprint density at radius 2 is 1.97 bits per heavy atom. The van der Waals surface area contributed by atoms with E-state index in [4.69, 9.17) is 10.8 Å². The van der Waals surface area contributed by atoms with Crippen LogP contribution in [0.15, 0.2) is 72.5 Å². The summed E-state index contributed by atoms with van der Waals surface area (Å²) in [4.78, 5) is 18.5. The van der Waals surface area contributed by atoms with Crippen molar-refractivity contribution in [2.75, 3.05) is 6.26 Å². The van der Waals surface area contributed by atoms with Gasteiger partial charge in [-0.05, 0) is 72.4 Å². The minimum Gasteiger partial charge on any atom is -0.463 e. The molecular weight excluding hydrogens is 487 g/mol. The average molecular weight is 504 g/mol. The molecular formula is C21H17N3O4S4. The van der Waals surface area contributed by atoms with Gasteiger partial charge in [-0.2, -0.15) is 9.98 Å². The molecule has 164 valence electrons. The Kier molecular flexibility index (Phi) is 7.27. The van der Waals surface area contributed by atoms with Gasteiger partial charge in [0.05, 0.1) is 29.7 Å². The molecule has 3 aromatic rings. The van der Waals surface area contributed by atoms with Crippen molar-refractivity contribution in [1.82, 2.24) is 0 Å². The van der Waals surface area contributed by atoms with Crippen LogP contribution in [0.25, 0.3) is 11.1 Å². The number of sulfone groups is 1. The summed E-state index contributed by atoms with van der Waals surface area (Å²) in [6, 6.07) is 13.5. The highest BCUT2D eigenvalue weighted by Crippen LogP contribution is 2.38. The number of isothiocyanates is 1. The molecule has 11 heteroatoms. The van der Waals surface area contributed by atoms with Gasteiger partial charge in [0.1, 0.15) is 5.84 Å². The number of thiophene rings is 1. The number of carbonyl (C=O) groups is 1. The Labute approximate surface area is 198 Å². The van der Waals surface area contributed by atoms with E-state index in [1.54, 1.807) is 24.5 Å². The number of amides is 1. The van der Waals surface area contributed by atoms with Crippen molar-refractivity contribution in [3.8, 4) is 11.1 Å². The Morgan fingerprint density at radius 3 is 2.59 bits per heavy atom. The molecule has 0 saturated heterocycles. The van der Waals surface area contributed by atoms with E-state index < -0.39 is 15.9 Å². The lowest BCUT2D eigenvalue weighted by Gasteiger charge is -2.10. The standard InChI is InChI=1S/C21H17N3O4S4/c1-12-8-14(23-11-29)6-7-16(12)13-4-3-5-15(9-13)32(27,28)18-10-17(31-20(18)30-2)19(22)24-21(25)26/h3-10H,1-2H3,(H2,22,24)(H,25,26). The van der Waals surface area contributed by atoms with Crippen molar-refractivity contribution in [3.63, 3.8) is 0 Å². The van der Waals surface area contributed by atoms with E-state index in [-0.39, 0.29) is 20.5 Å². The number of thiocarbonyl (C=S) groups is 1. The summed E-state index contributed by atoms with van der Waals surface area (Å²) in [5.74, 6) is -0.248. The Morgan fingerprint density at radius 1 is 1.22 bits per heavy atom. The second kappa shape index (κ2) is 9.76. The highest BCUT2D eigenvalue weighted by Gasteiger charge is 2.25. The molecule has 0 aliphatic rings. The van der Waals surface area contributed by atoms with Gasteiger partial charge >= 0.3 is 6.09 Å². The topological polar surface area (TPSA) is 122 Å². The largest absolute Gasteiger partial charge is 0.463 e. The van der Waals surface area contributed by atoms with E-state index >= 15 is 0 Å². The van der Waals surface area contributed by atoms with Crippen LogP contribution in [-0.2, 0) is 9.84 Å². The zero-order chi connectivity index (χ0) is 23.5.